The van der Waals surface area contributed by atoms with Crippen LogP contribution in [-0.4, -0.2) is 22.1 Å². The van der Waals surface area contributed by atoms with Crippen molar-refractivity contribution in [2.45, 2.75) is 6.18 Å². The van der Waals surface area contributed by atoms with Gasteiger partial charge in [-0.1, -0.05) is 0 Å². The molecule has 2 N–H and O–H groups in total. The first-order valence-electron chi connectivity index (χ1n) is 3.94. The molecule has 0 saturated carbocycles. The molecule has 0 bridgehead atoms. The minimum atomic E-state index is -4.78. The van der Waals surface area contributed by atoms with Gasteiger partial charge in [0.15, 0.2) is 0 Å². The first kappa shape index (κ1) is 12.5. The summed E-state index contributed by atoms with van der Waals surface area (Å²) in [4.78, 5) is 9.29. The van der Waals surface area contributed by atoms with Crippen LogP contribution in [0, 0.1) is 10.1 Å². The zero-order valence-corrected chi connectivity index (χ0v) is 7.60. The summed E-state index contributed by atoms with van der Waals surface area (Å²) in [5.41, 5.74) is -2.73. The van der Waals surface area contributed by atoms with Gasteiger partial charge in [0, 0.05) is 12.1 Å². The highest BCUT2D eigenvalue weighted by Gasteiger charge is 2.33. The van der Waals surface area contributed by atoms with Crippen LogP contribution in [0.5, 0.6) is 0 Å². The molecule has 0 fully saturated rings. The summed E-state index contributed by atoms with van der Waals surface area (Å²) in [7, 11) is -2.19. The van der Waals surface area contributed by atoms with Crippen molar-refractivity contribution in [2.75, 3.05) is 0 Å². The number of rotatable bonds is 2. The Morgan fingerprint density at radius 2 is 1.81 bits per heavy atom. The molecule has 0 aromatic heterocycles. The predicted octanol–water partition coefficient (Wildman–Crippen LogP) is 0.293. The molecule has 0 aliphatic rings. The van der Waals surface area contributed by atoms with Crippen molar-refractivity contribution in [3.63, 3.8) is 0 Å². The SMILES string of the molecule is O=[N+]([O-])c1cc(B(O)O)cc(C(F)(F)F)c1. The lowest BCUT2D eigenvalue weighted by Gasteiger charge is -2.08. The van der Waals surface area contributed by atoms with Crippen LogP contribution >= 0.6 is 0 Å². The van der Waals surface area contributed by atoms with E-state index in [1.54, 1.807) is 0 Å². The minimum absolute atomic E-state index is 0.325. The quantitative estimate of drug-likeness (QED) is 0.438. The van der Waals surface area contributed by atoms with E-state index in [1.165, 1.54) is 0 Å². The van der Waals surface area contributed by atoms with Crippen molar-refractivity contribution < 1.29 is 28.1 Å². The van der Waals surface area contributed by atoms with Crippen LogP contribution in [0.15, 0.2) is 18.2 Å². The number of halogens is 3. The number of alkyl halides is 3. The summed E-state index contributed by atoms with van der Waals surface area (Å²) >= 11 is 0. The van der Waals surface area contributed by atoms with Gasteiger partial charge in [0.05, 0.1) is 10.5 Å². The summed E-state index contributed by atoms with van der Waals surface area (Å²) in [5, 5.41) is 27.7. The van der Waals surface area contributed by atoms with Gasteiger partial charge in [-0.15, -0.1) is 0 Å². The van der Waals surface area contributed by atoms with Gasteiger partial charge in [-0.25, -0.2) is 0 Å². The van der Waals surface area contributed by atoms with E-state index in [4.69, 9.17) is 10.0 Å². The van der Waals surface area contributed by atoms with E-state index < -0.39 is 34.9 Å². The van der Waals surface area contributed by atoms with E-state index in [9.17, 15) is 23.3 Å². The molecular formula is C7H5BF3NO4. The molecule has 0 unspecified atom stereocenters. The third kappa shape index (κ3) is 2.70. The molecule has 0 aliphatic heterocycles. The number of nitro groups is 1. The highest BCUT2D eigenvalue weighted by molar-refractivity contribution is 6.58. The number of nitrogens with zero attached hydrogens (tertiary/aromatic N) is 1. The van der Waals surface area contributed by atoms with Crippen LogP contribution in [0.2, 0.25) is 0 Å². The lowest BCUT2D eigenvalue weighted by atomic mass is 9.79. The molecule has 1 rings (SSSR count). The first-order valence-corrected chi connectivity index (χ1v) is 3.94. The number of hydrogen-bond donors (Lipinski definition) is 2. The zero-order valence-electron chi connectivity index (χ0n) is 7.60. The Morgan fingerprint density at radius 3 is 2.19 bits per heavy atom. The molecule has 5 nitrogen and oxygen atoms in total. The second-order valence-corrected chi connectivity index (χ2v) is 2.94. The van der Waals surface area contributed by atoms with Crippen LogP contribution in [0.4, 0.5) is 18.9 Å². The summed E-state index contributed by atoms with van der Waals surface area (Å²) in [6.07, 6.45) is -4.78. The Hall–Kier alpha value is -1.61. The molecule has 0 aliphatic carbocycles. The zero-order chi connectivity index (χ0) is 12.5. The molecule has 0 radical (unpaired) electrons. The molecule has 1 aromatic rings. The van der Waals surface area contributed by atoms with Crippen molar-refractivity contribution in [1.29, 1.82) is 0 Å². The van der Waals surface area contributed by atoms with Crippen LogP contribution < -0.4 is 5.46 Å². The Bertz CT molecular complexity index is 421. The van der Waals surface area contributed by atoms with Gasteiger partial charge < -0.3 is 10.0 Å². The van der Waals surface area contributed by atoms with Crippen molar-refractivity contribution in [3.8, 4) is 0 Å². The fourth-order valence-electron chi connectivity index (χ4n) is 1.05. The van der Waals surface area contributed by atoms with E-state index >= 15 is 0 Å². The Kier molecular flexibility index (Phi) is 3.20. The fourth-order valence-corrected chi connectivity index (χ4v) is 1.05. The maximum Gasteiger partial charge on any atom is 0.488 e. The molecule has 0 atom stereocenters. The van der Waals surface area contributed by atoms with Gasteiger partial charge in [-0.3, -0.25) is 10.1 Å². The molecule has 9 heteroatoms. The average Bonchev–Trinajstić information content (AvgIpc) is 2.15. The van der Waals surface area contributed by atoms with E-state index in [2.05, 4.69) is 0 Å². The maximum absolute atomic E-state index is 12.3. The smallest absolute Gasteiger partial charge is 0.423 e. The van der Waals surface area contributed by atoms with Crippen LogP contribution in [0.3, 0.4) is 0 Å². The van der Waals surface area contributed by atoms with Crippen molar-refractivity contribution >= 4 is 18.3 Å². The second-order valence-electron chi connectivity index (χ2n) is 2.94. The second kappa shape index (κ2) is 4.10. The fraction of sp³-hybridized carbons (Fsp3) is 0.143. The monoisotopic (exact) mass is 235 g/mol. The van der Waals surface area contributed by atoms with Gasteiger partial charge in [-0.2, -0.15) is 13.2 Å². The molecule has 0 saturated heterocycles. The number of non-ortho nitro benzene ring substituents is 1. The van der Waals surface area contributed by atoms with Gasteiger partial charge in [-0.05, 0) is 11.5 Å². The number of nitro benzene ring substituents is 1. The minimum Gasteiger partial charge on any atom is -0.423 e. The van der Waals surface area contributed by atoms with Crippen molar-refractivity contribution in [1.82, 2.24) is 0 Å². The molecule has 0 amide bonds. The summed E-state index contributed by atoms with van der Waals surface area (Å²) < 4.78 is 36.9. The van der Waals surface area contributed by atoms with Crippen LogP contribution in [0.1, 0.15) is 5.56 Å². The van der Waals surface area contributed by atoms with Gasteiger partial charge >= 0.3 is 13.3 Å². The third-order valence-corrected chi connectivity index (χ3v) is 1.78. The largest absolute Gasteiger partial charge is 0.488 e. The first-order chi connectivity index (χ1) is 7.21. The van der Waals surface area contributed by atoms with Gasteiger partial charge in [0.25, 0.3) is 5.69 Å². The summed E-state index contributed by atoms with van der Waals surface area (Å²) in [5.74, 6) is 0. The Labute approximate surface area is 87.4 Å². The average molecular weight is 235 g/mol. The van der Waals surface area contributed by atoms with Gasteiger partial charge in [0.2, 0.25) is 0 Å². The van der Waals surface area contributed by atoms with Crippen molar-refractivity contribution in [3.05, 3.63) is 33.9 Å². The molecule has 0 heterocycles. The number of hydrogen-bond acceptors (Lipinski definition) is 4. The predicted molar refractivity (Wildman–Crippen MR) is 47.9 cm³/mol. The van der Waals surface area contributed by atoms with E-state index in [0.717, 1.165) is 0 Å². The van der Waals surface area contributed by atoms with E-state index in [1.807, 2.05) is 0 Å². The molecule has 16 heavy (non-hydrogen) atoms. The highest BCUT2D eigenvalue weighted by Crippen LogP contribution is 2.30. The Morgan fingerprint density at radius 1 is 1.25 bits per heavy atom. The summed E-state index contributed by atoms with van der Waals surface area (Å²) in [6.45, 7) is 0. The van der Waals surface area contributed by atoms with Crippen LogP contribution in [0.25, 0.3) is 0 Å². The highest BCUT2D eigenvalue weighted by atomic mass is 19.4. The normalized spacial score (nSPS) is 11.3. The standard InChI is InChI=1S/C7H5BF3NO4/c9-7(10,11)4-1-5(8(13)14)3-6(2-4)12(15)16/h1-3,13-14H. The molecule has 1 aromatic carbocycles. The molecule has 0 spiro atoms. The lowest BCUT2D eigenvalue weighted by Crippen LogP contribution is -2.31. The molecular weight excluding hydrogens is 230 g/mol. The van der Waals surface area contributed by atoms with E-state index in [-0.39, 0.29) is 0 Å². The summed E-state index contributed by atoms with van der Waals surface area (Å²) in [6, 6.07) is 1.43. The third-order valence-electron chi connectivity index (χ3n) is 1.78. The molecule has 86 valence electrons. The van der Waals surface area contributed by atoms with Crippen molar-refractivity contribution in [2.24, 2.45) is 0 Å². The maximum atomic E-state index is 12.3. The van der Waals surface area contributed by atoms with E-state index in [0.29, 0.717) is 18.2 Å². The lowest BCUT2D eigenvalue weighted by molar-refractivity contribution is -0.385. The van der Waals surface area contributed by atoms with Gasteiger partial charge in [0.1, 0.15) is 0 Å². The Balaban J connectivity index is 3.36. The number of benzene rings is 1. The topological polar surface area (TPSA) is 83.6 Å². The van der Waals surface area contributed by atoms with Crippen LogP contribution in [-0.2, 0) is 6.18 Å².